The topological polar surface area (TPSA) is 55.8 Å². The van der Waals surface area contributed by atoms with Gasteiger partial charge in [0.2, 0.25) is 5.91 Å². The summed E-state index contributed by atoms with van der Waals surface area (Å²) >= 11 is 0. The van der Waals surface area contributed by atoms with Crippen LogP contribution in [0.1, 0.15) is 20.3 Å². The van der Waals surface area contributed by atoms with Gasteiger partial charge in [-0.25, -0.2) is 0 Å². The lowest BCUT2D eigenvalue weighted by atomic mass is 10.0. The smallest absolute Gasteiger partial charge is 0.309 e. The Balaban J connectivity index is 2.00. The number of morpholine rings is 1. The molecule has 0 aromatic rings. The van der Waals surface area contributed by atoms with Gasteiger partial charge >= 0.3 is 5.97 Å². The van der Waals surface area contributed by atoms with E-state index >= 15 is 0 Å². The van der Waals surface area contributed by atoms with E-state index < -0.39 is 0 Å². The molecule has 3 atom stereocenters. The first kappa shape index (κ1) is 14.3. The second-order valence-electron chi connectivity index (χ2n) is 5.81. The van der Waals surface area contributed by atoms with E-state index in [1.54, 1.807) is 0 Å². The van der Waals surface area contributed by atoms with Crippen LogP contribution >= 0.6 is 0 Å². The quantitative estimate of drug-likeness (QED) is 0.712. The highest BCUT2D eigenvalue weighted by Crippen LogP contribution is 2.51. The summed E-state index contributed by atoms with van der Waals surface area (Å²) < 4.78 is 10.1. The van der Waals surface area contributed by atoms with Crippen molar-refractivity contribution in [1.82, 2.24) is 4.90 Å². The molecule has 19 heavy (non-hydrogen) atoms. The third kappa shape index (κ3) is 3.08. The first-order valence-electron chi connectivity index (χ1n) is 7.00. The monoisotopic (exact) mass is 269 g/mol. The zero-order valence-corrected chi connectivity index (χ0v) is 11.9. The third-order valence-corrected chi connectivity index (χ3v) is 3.99. The summed E-state index contributed by atoms with van der Waals surface area (Å²) in [6, 6.07) is 0. The Morgan fingerprint density at radius 1 is 1.26 bits per heavy atom. The predicted molar refractivity (Wildman–Crippen MR) is 69.3 cm³/mol. The number of hydrogen-bond acceptors (Lipinski definition) is 4. The fourth-order valence-corrected chi connectivity index (χ4v) is 3.00. The van der Waals surface area contributed by atoms with Crippen molar-refractivity contribution in [1.29, 1.82) is 0 Å². The van der Waals surface area contributed by atoms with Gasteiger partial charge in [-0.1, -0.05) is 13.8 Å². The molecule has 1 saturated heterocycles. The molecule has 0 N–H and O–H groups in total. The average Bonchev–Trinajstić information content (AvgIpc) is 3.11. The van der Waals surface area contributed by atoms with Gasteiger partial charge in [0.15, 0.2) is 0 Å². The molecule has 1 aliphatic heterocycles. The summed E-state index contributed by atoms with van der Waals surface area (Å²) in [6.07, 6.45) is 0.903. The minimum atomic E-state index is -0.239. The van der Waals surface area contributed by atoms with Gasteiger partial charge in [0.1, 0.15) is 0 Å². The zero-order chi connectivity index (χ0) is 14.0. The Morgan fingerprint density at radius 3 is 2.42 bits per heavy atom. The molecule has 1 heterocycles. The van der Waals surface area contributed by atoms with Crippen molar-refractivity contribution in [2.75, 3.05) is 33.4 Å². The maximum atomic E-state index is 12.4. The molecule has 108 valence electrons. The van der Waals surface area contributed by atoms with Crippen LogP contribution in [0.25, 0.3) is 0 Å². The second kappa shape index (κ2) is 5.90. The largest absolute Gasteiger partial charge is 0.469 e. The molecule has 0 bridgehead atoms. The molecule has 2 aliphatic rings. The first-order chi connectivity index (χ1) is 9.06. The minimum Gasteiger partial charge on any atom is -0.469 e. The molecule has 5 heteroatoms. The molecule has 0 aromatic carbocycles. The number of carbonyl (C=O) groups excluding carboxylic acids is 2. The Bertz CT molecular complexity index is 349. The molecule has 0 unspecified atom stereocenters. The molecule has 0 radical (unpaired) electrons. The van der Waals surface area contributed by atoms with E-state index in [-0.39, 0.29) is 29.6 Å². The number of rotatable bonds is 4. The predicted octanol–water partition coefficient (Wildman–Crippen LogP) is 0.926. The van der Waals surface area contributed by atoms with Gasteiger partial charge in [-0.2, -0.15) is 0 Å². The molecule has 5 nitrogen and oxygen atoms in total. The molecule has 1 saturated carbocycles. The van der Waals surface area contributed by atoms with Crippen LogP contribution in [0, 0.1) is 23.7 Å². The van der Waals surface area contributed by atoms with Gasteiger partial charge < -0.3 is 14.4 Å². The standard InChI is InChI=1S/C14H23NO4/c1-9(2)8-10-11(12(10)14(17)18-3)13(16)15-4-6-19-7-5-15/h9-12H,4-8H2,1-3H3/t10-,11+,12+/m0/s1. The van der Waals surface area contributed by atoms with E-state index in [2.05, 4.69) is 13.8 Å². The van der Waals surface area contributed by atoms with Gasteiger partial charge in [0.25, 0.3) is 0 Å². The van der Waals surface area contributed by atoms with E-state index in [0.29, 0.717) is 32.2 Å². The molecule has 1 amide bonds. The summed E-state index contributed by atoms with van der Waals surface area (Å²) in [4.78, 5) is 26.0. The van der Waals surface area contributed by atoms with Crippen molar-refractivity contribution in [2.45, 2.75) is 20.3 Å². The molecule has 0 aromatic heterocycles. The summed E-state index contributed by atoms with van der Waals surface area (Å²) in [5.74, 6) is 0.0970. The fraction of sp³-hybridized carbons (Fsp3) is 0.857. The Morgan fingerprint density at radius 2 is 1.89 bits per heavy atom. The average molecular weight is 269 g/mol. The molecular weight excluding hydrogens is 246 g/mol. The normalized spacial score (nSPS) is 30.3. The summed E-state index contributed by atoms with van der Waals surface area (Å²) in [7, 11) is 1.39. The Hall–Kier alpha value is -1.10. The number of carbonyl (C=O) groups is 2. The van der Waals surface area contributed by atoms with Crippen molar-refractivity contribution in [2.24, 2.45) is 23.7 Å². The second-order valence-corrected chi connectivity index (χ2v) is 5.81. The Kier molecular flexibility index (Phi) is 4.45. The van der Waals surface area contributed by atoms with E-state index in [4.69, 9.17) is 9.47 Å². The van der Waals surface area contributed by atoms with Crippen LogP contribution in [-0.4, -0.2) is 50.2 Å². The van der Waals surface area contributed by atoms with Crippen LogP contribution in [0.4, 0.5) is 0 Å². The number of methoxy groups -OCH3 is 1. The van der Waals surface area contributed by atoms with Crippen LogP contribution in [-0.2, 0) is 19.1 Å². The highest BCUT2D eigenvalue weighted by atomic mass is 16.5. The van der Waals surface area contributed by atoms with Gasteiger partial charge in [0, 0.05) is 13.1 Å². The zero-order valence-electron chi connectivity index (χ0n) is 11.9. The number of amides is 1. The summed E-state index contributed by atoms with van der Waals surface area (Å²) in [5, 5.41) is 0. The lowest BCUT2D eigenvalue weighted by Gasteiger charge is -2.27. The van der Waals surface area contributed by atoms with Gasteiger partial charge in [0.05, 0.1) is 32.2 Å². The SMILES string of the molecule is COC(=O)[C@@H]1[C@@H](CC(C)C)[C@H]1C(=O)N1CCOCC1. The number of nitrogens with zero attached hydrogens (tertiary/aromatic N) is 1. The number of ether oxygens (including phenoxy) is 2. The summed E-state index contributed by atoms with van der Waals surface area (Å²) in [5.41, 5.74) is 0. The lowest BCUT2D eigenvalue weighted by molar-refractivity contribution is -0.145. The lowest BCUT2D eigenvalue weighted by Crippen LogP contribution is -2.42. The van der Waals surface area contributed by atoms with E-state index in [9.17, 15) is 9.59 Å². The van der Waals surface area contributed by atoms with Crippen molar-refractivity contribution in [3.8, 4) is 0 Å². The fourth-order valence-electron chi connectivity index (χ4n) is 3.00. The van der Waals surface area contributed by atoms with Crippen LogP contribution in [0.5, 0.6) is 0 Å². The van der Waals surface area contributed by atoms with E-state index in [0.717, 1.165) is 6.42 Å². The van der Waals surface area contributed by atoms with E-state index in [1.807, 2.05) is 4.90 Å². The third-order valence-electron chi connectivity index (χ3n) is 3.99. The van der Waals surface area contributed by atoms with Gasteiger partial charge in [-0.3, -0.25) is 9.59 Å². The number of esters is 1. The van der Waals surface area contributed by atoms with Crippen LogP contribution in [0.15, 0.2) is 0 Å². The molecule has 0 spiro atoms. The number of hydrogen-bond donors (Lipinski definition) is 0. The van der Waals surface area contributed by atoms with Crippen molar-refractivity contribution in [3.05, 3.63) is 0 Å². The van der Waals surface area contributed by atoms with Crippen LogP contribution in [0.3, 0.4) is 0 Å². The van der Waals surface area contributed by atoms with Crippen molar-refractivity contribution < 1.29 is 19.1 Å². The minimum absolute atomic E-state index is 0.101. The van der Waals surface area contributed by atoms with Gasteiger partial charge in [-0.15, -0.1) is 0 Å². The van der Waals surface area contributed by atoms with Gasteiger partial charge in [-0.05, 0) is 18.3 Å². The first-order valence-corrected chi connectivity index (χ1v) is 7.00. The maximum Gasteiger partial charge on any atom is 0.309 e. The molecule has 2 rings (SSSR count). The highest BCUT2D eigenvalue weighted by molar-refractivity contribution is 5.91. The van der Waals surface area contributed by atoms with Crippen molar-refractivity contribution in [3.63, 3.8) is 0 Å². The highest BCUT2D eigenvalue weighted by Gasteiger charge is 2.60. The van der Waals surface area contributed by atoms with Crippen molar-refractivity contribution >= 4 is 11.9 Å². The van der Waals surface area contributed by atoms with E-state index in [1.165, 1.54) is 7.11 Å². The maximum absolute atomic E-state index is 12.4. The molecule has 2 fully saturated rings. The molecular formula is C14H23NO4. The summed E-state index contributed by atoms with van der Waals surface area (Å²) in [6.45, 7) is 6.69. The Labute approximate surface area is 114 Å². The molecule has 1 aliphatic carbocycles. The van der Waals surface area contributed by atoms with Crippen LogP contribution < -0.4 is 0 Å². The van der Waals surface area contributed by atoms with Crippen LogP contribution in [0.2, 0.25) is 0 Å².